The quantitative estimate of drug-likeness (QED) is 0.744. The molecule has 76 valence electrons. The second kappa shape index (κ2) is 3.75. The van der Waals surface area contributed by atoms with E-state index in [2.05, 4.69) is 4.98 Å². The van der Waals surface area contributed by atoms with Crippen molar-refractivity contribution in [1.29, 1.82) is 0 Å². The Bertz CT molecular complexity index is 384. The van der Waals surface area contributed by atoms with Gasteiger partial charge in [0.25, 0.3) is 12.3 Å². The van der Waals surface area contributed by atoms with E-state index in [1.54, 1.807) is 0 Å². The molecule has 14 heavy (non-hydrogen) atoms. The van der Waals surface area contributed by atoms with E-state index < -0.39 is 34.4 Å². The fourth-order valence-electron chi connectivity index (χ4n) is 0.951. The molecule has 0 aromatic carbocycles. The first-order valence-electron chi connectivity index (χ1n) is 3.40. The topological polar surface area (TPSA) is 76.2 Å². The number of hydrogen-bond acceptors (Lipinski definition) is 3. The number of carbonyl (C=O) groups excluding carboxylic acids is 1. The van der Waals surface area contributed by atoms with Crippen LogP contribution in [0.15, 0.2) is 6.20 Å². The van der Waals surface area contributed by atoms with Gasteiger partial charge in [-0.1, -0.05) is 11.6 Å². The fourth-order valence-corrected chi connectivity index (χ4v) is 1.18. The zero-order valence-corrected chi connectivity index (χ0v) is 7.42. The Morgan fingerprint density at radius 3 is 2.57 bits per heavy atom. The van der Waals surface area contributed by atoms with Crippen molar-refractivity contribution < 1.29 is 18.7 Å². The van der Waals surface area contributed by atoms with E-state index in [-0.39, 0.29) is 0 Å². The molecule has 3 N–H and O–H groups in total. The first-order valence-corrected chi connectivity index (χ1v) is 3.78. The standard InChI is InChI=1S/C7H5ClF2N2O2/c8-5-4(6(9)10)3(7(11)14)2(13)1-12-5/h1,6,13H,(H2,11,14). The smallest absolute Gasteiger partial charge is 0.267 e. The molecule has 1 aromatic heterocycles. The lowest BCUT2D eigenvalue weighted by Crippen LogP contribution is -2.15. The highest BCUT2D eigenvalue weighted by Gasteiger charge is 2.24. The molecule has 0 unspecified atom stereocenters. The Morgan fingerprint density at radius 2 is 2.21 bits per heavy atom. The molecule has 1 heterocycles. The summed E-state index contributed by atoms with van der Waals surface area (Å²) in [6.45, 7) is 0. The third-order valence-corrected chi connectivity index (χ3v) is 1.81. The van der Waals surface area contributed by atoms with Gasteiger partial charge >= 0.3 is 0 Å². The normalized spacial score (nSPS) is 10.6. The summed E-state index contributed by atoms with van der Waals surface area (Å²) in [6, 6.07) is 0. The summed E-state index contributed by atoms with van der Waals surface area (Å²) in [7, 11) is 0. The van der Waals surface area contributed by atoms with E-state index >= 15 is 0 Å². The number of aromatic hydroxyl groups is 1. The molecule has 0 spiro atoms. The van der Waals surface area contributed by atoms with Gasteiger partial charge in [0.1, 0.15) is 10.9 Å². The molecule has 1 rings (SSSR count). The molecule has 0 fully saturated rings. The minimum atomic E-state index is -3.02. The zero-order valence-electron chi connectivity index (χ0n) is 6.67. The number of halogens is 3. The number of amides is 1. The Labute approximate surface area is 82.3 Å². The van der Waals surface area contributed by atoms with Gasteiger partial charge in [-0.3, -0.25) is 4.79 Å². The monoisotopic (exact) mass is 222 g/mol. The van der Waals surface area contributed by atoms with Gasteiger partial charge in [-0.25, -0.2) is 13.8 Å². The predicted molar refractivity (Wildman–Crippen MR) is 44.4 cm³/mol. The molecular weight excluding hydrogens is 218 g/mol. The lowest BCUT2D eigenvalue weighted by Gasteiger charge is -2.08. The van der Waals surface area contributed by atoms with Crippen LogP contribution >= 0.6 is 11.6 Å². The Morgan fingerprint density at radius 1 is 1.64 bits per heavy atom. The first kappa shape index (κ1) is 10.6. The van der Waals surface area contributed by atoms with Crippen LogP contribution in [0.25, 0.3) is 0 Å². The highest BCUT2D eigenvalue weighted by atomic mass is 35.5. The van der Waals surface area contributed by atoms with Crippen LogP contribution in [0.2, 0.25) is 5.15 Å². The van der Waals surface area contributed by atoms with Crippen LogP contribution < -0.4 is 5.73 Å². The van der Waals surface area contributed by atoms with Crippen LogP contribution in [0.4, 0.5) is 8.78 Å². The highest BCUT2D eigenvalue weighted by molar-refractivity contribution is 6.30. The summed E-state index contributed by atoms with van der Waals surface area (Å²) in [5, 5.41) is 8.53. The second-order valence-electron chi connectivity index (χ2n) is 2.39. The molecule has 4 nitrogen and oxygen atoms in total. The van der Waals surface area contributed by atoms with Crippen LogP contribution in [0.1, 0.15) is 22.3 Å². The molecule has 0 bridgehead atoms. The van der Waals surface area contributed by atoms with Crippen LogP contribution in [0.3, 0.4) is 0 Å². The van der Waals surface area contributed by atoms with Crippen molar-refractivity contribution in [2.75, 3.05) is 0 Å². The maximum absolute atomic E-state index is 12.4. The van der Waals surface area contributed by atoms with Crippen LogP contribution in [0, 0.1) is 0 Å². The number of nitrogens with two attached hydrogens (primary N) is 1. The van der Waals surface area contributed by atoms with E-state index in [9.17, 15) is 13.6 Å². The van der Waals surface area contributed by atoms with Crippen molar-refractivity contribution in [2.24, 2.45) is 5.73 Å². The fraction of sp³-hybridized carbons (Fsp3) is 0.143. The van der Waals surface area contributed by atoms with Gasteiger partial charge in [-0.15, -0.1) is 0 Å². The average Bonchev–Trinajstić information content (AvgIpc) is 2.07. The number of hydrogen-bond donors (Lipinski definition) is 2. The highest BCUT2D eigenvalue weighted by Crippen LogP contribution is 2.32. The number of alkyl halides is 2. The molecule has 1 amide bonds. The summed E-state index contributed by atoms with van der Waals surface area (Å²) in [6.07, 6.45) is -2.24. The number of pyridine rings is 1. The molecule has 0 saturated carbocycles. The van der Waals surface area contributed by atoms with Gasteiger partial charge in [0.15, 0.2) is 0 Å². The van der Waals surface area contributed by atoms with Crippen molar-refractivity contribution in [3.05, 3.63) is 22.5 Å². The van der Waals surface area contributed by atoms with Gasteiger partial charge in [0.05, 0.1) is 17.3 Å². The van der Waals surface area contributed by atoms with Gasteiger partial charge < -0.3 is 10.8 Å². The Hall–Kier alpha value is -1.43. The SMILES string of the molecule is NC(=O)c1c(O)cnc(Cl)c1C(F)F. The predicted octanol–water partition coefficient (Wildman–Crippen LogP) is 1.48. The Balaban J connectivity index is 3.50. The maximum atomic E-state index is 12.4. The molecule has 0 atom stereocenters. The number of aromatic nitrogens is 1. The minimum absolute atomic E-state index is 0.549. The lowest BCUT2D eigenvalue weighted by molar-refractivity contribution is 0.0982. The molecule has 0 radical (unpaired) electrons. The summed E-state index contributed by atoms with van der Waals surface area (Å²) in [4.78, 5) is 14.0. The minimum Gasteiger partial charge on any atom is -0.505 e. The maximum Gasteiger partial charge on any atom is 0.267 e. The largest absolute Gasteiger partial charge is 0.505 e. The van der Waals surface area contributed by atoms with E-state index in [0.29, 0.717) is 0 Å². The summed E-state index contributed by atoms with van der Waals surface area (Å²) < 4.78 is 24.8. The molecule has 1 aromatic rings. The molecule has 0 aliphatic rings. The number of rotatable bonds is 2. The molecule has 0 aliphatic carbocycles. The third kappa shape index (κ3) is 1.74. The Kier molecular flexibility index (Phi) is 2.85. The number of primary amides is 1. The van der Waals surface area contributed by atoms with Crippen molar-refractivity contribution in [2.45, 2.75) is 6.43 Å². The first-order chi connectivity index (χ1) is 6.45. The third-order valence-electron chi connectivity index (χ3n) is 1.51. The average molecular weight is 223 g/mol. The summed E-state index contributed by atoms with van der Waals surface area (Å²) in [5.41, 5.74) is 3.26. The van der Waals surface area contributed by atoms with Crippen molar-refractivity contribution >= 4 is 17.5 Å². The second-order valence-corrected chi connectivity index (χ2v) is 2.75. The molecular formula is C7H5ClF2N2O2. The zero-order chi connectivity index (χ0) is 10.9. The molecule has 0 saturated heterocycles. The van der Waals surface area contributed by atoms with Crippen LogP contribution in [0.5, 0.6) is 5.75 Å². The number of nitrogens with zero attached hydrogens (tertiary/aromatic N) is 1. The summed E-state index contributed by atoms with van der Waals surface area (Å²) in [5.74, 6) is -1.89. The van der Waals surface area contributed by atoms with Crippen LogP contribution in [-0.2, 0) is 0 Å². The van der Waals surface area contributed by atoms with E-state index in [1.807, 2.05) is 0 Å². The van der Waals surface area contributed by atoms with Gasteiger partial charge in [0, 0.05) is 0 Å². The van der Waals surface area contributed by atoms with E-state index in [1.165, 1.54) is 0 Å². The lowest BCUT2D eigenvalue weighted by atomic mass is 10.1. The molecule has 7 heteroatoms. The summed E-state index contributed by atoms with van der Waals surface area (Å²) >= 11 is 5.33. The van der Waals surface area contributed by atoms with Crippen molar-refractivity contribution in [3.8, 4) is 5.75 Å². The van der Waals surface area contributed by atoms with E-state index in [4.69, 9.17) is 22.4 Å². The van der Waals surface area contributed by atoms with Gasteiger partial charge in [-0.2, -0.15) is 0 Å². The van der Waals surface area contributed by atoms with Crippen molar-refractivity contribution in [1.82, 2.24) is 4.98 Å². The van der Waals surface area contributed by atoms with Crippen molar-refractivity contribution in [3.63, 3.8) is 0 Å². The molecule has 0 aliphatic heterocycles. The van der Waals surface area contributed by atoms with Gasteiger partial charge in [-0.05, 0) is 0 Å². The van der Waals surface area contributed by atoms with Gasteiger partial charge in [0.2, 0.25) is 0 Å². The van der Waals surface area contributed by atoms with E-state index in [0.717, 1.165) is 6.20 Å². The van der Waals surface area contributed by atoms with Crippen LogP contribution in [-0.4, -0.2) is 16.0 Å². The number of carbonyl (C=O) groups is 1.